The molecule has 1 aliphatic rings. The number of carboxylic acid groups (broad SMARTS) is 1. The Balaban J connectivity index is 2.61. The number of carboxylic acids is 1. The SMILES string of the molecule is CCCC(C(=O)O)N(CC(C)C)C1CC1. The summed E-state index contributed by atoms with van der Waals surface area (Å²) < 4.78 is 0. The van der Waals surface area contributed by atoms with Crippen molar-refractivity contribution in [1.29, 1.82) is 0 Å². The van der Waals surface area contributed by atoms with Gasteiger partial charge in [0.15, 0.2) is 0 Å². The van der Waals surface area contributed by atoms with Crippen LogP contribution in [0.15, 0.2) is 0 Å². The minimum absolute atomic E-state index is 0.259. The van der Waals surface area contributed by atoms with E-state index in [2.05, 4.69) is 25.7 Å². The van der Waals surface area contributed by atoms with Crippen LogP contribution >= 0.6 is 0 Å². The molecule has 0 aliphatic heterocycles. The van der Waals surface area contributed by atoms with Gasteiger partial charge in [0.25, 0.3) is 0 Å². The molecule has 1 unspecified atom stereocenters. The second-order valence-corrected chi connectivity index (χ2v) is 4.96. The van der Waals surface area contributed by atoms with Crippen molar-refractivity contribution in [3.05, 3.63) is 0 Å². The van der Waals surface area contributed by atoms with Gasteiger partial charge in [0.2, 0.25) is 0 Å². The summed E-state index contributed by atoms with van der Waals surface area (Å²) in [6, 6.07) is 0.282. The van der Waals surface area contributed by atoms with Crippen LogP contribution in [0.2, 0.25) is 0 Å². The zero-order valence-electron chi connectivity index (χ0n) is 10.1. The Morgan fingerprint density at radius 3 is 2.40 bits per heavy atom. The fraction of sp³-hybridized carbons (Fsp3) is 0.917. The van der Waals surface area contributed by atoms with E-state index in [0.717, 1.165) is 19.4 Å². The van der Waals surface area contributed by atoms with Gasteiger partial charge in [-0.2, -0.15) is 0 Å². The first kappa shape index (κ1) is 12.5. The highest BCUT2D eigenvalue weighted by Gasteiger charge is 2.36. The predicted octanol–water partition coefficient (Wildman–Crippen LogP) is 2.36. The van der Waals surface area contributed by atoms with Crippen LogP contribution in [-0.2, 0) is 4.79 Å². The average Bonchev–Trinajstić information content (AvgIpc) is 2.93. The molecule has 1 saturated carbocycles. The highest BCUT2D eigenvalue weighted by atomic mass is 16.4. The third-order valence-corrected chi connectivity index (χ3v) is 2.84. The van der Waals surface area contributed by atoms with Gasteiger partial charge in [-0.25, -0.2) is 0 Å². The van der Waals surface area contributed by atoms with Crippen LogP contribution in [0.5, 0.6) is 0 Å². The van der Waals surface area contributed by atoms with E-state index in [1.165, 1.54) is 12.8 Å². The van der Waals surface area contributed by atoms with E-state index >= 15 is 0 Å². The molecule has 1 rings (SSSR count). The van der Waals surface area contributed by atoms with Crippen molar-refractivity contribution >= 4 is 5.97 Å². The molecule has 0 bridgehead atoms. The maximum atomic E-state index is 11.2. The Kier molecular flexibility index (Phi) is 4.58. The van der Waals surface area contributed by atoms with Gasteiger partial charge in [0, 0.05) is 12.6 Å². The largest absolute Gasteiger partial charge is 0.480 e. The number of aliphatic carboxylic acids is 1. The van der Waals surface area contributed by atoms with Gasteiger partial charge in [0.05, 0.1) is 0 Å². The van der Waals surface area contributed by atoms with Gasteiger partial charge in [-0.05, 0) is 25.2 Å². The lowest BCUT2D eigenvalue weighted by Crippen LogP contribution is -2.44. The number of nitrogens with zero attached hydrogens (tertiary/aromatic N) is 1. The van der Waals surface area contributed by atoms with E-state index in [1.807, 2.05) is 0 Å². The summed E-state index contributed by atoms with van der Waals surface area (Å²) in [6.07, 6.45) is 4.08. The summed E-state index contributed by atoms with van der Waals surface area (Å²) in [5, 5.41) is 9.22. The number of carbonyl (C=O) groups is 1. The molecule has 0 heterocycles. The Morgan fingerprint density at radius 1 is 1.47 bits per heavy atom. The molecule has 3 nitrogen and oxygen atoms in total. The summed E-state index contributed by atoms with van der Waals surface area (Å²) in [4.78, 5) is 13.4. The van der Waals surface area contributed by atoms with E-state index in [1.54, 1.807) is 0 Å². The second kappa shape index (κ2) is 5.50. The molecule has 3 heteroatoms. The normalized spacial score (nSPS) is 18.5. The van der Waals surface area contributed by atoms with Crippen LogP contribution in [0.25, 0.3) is 0 Å². The molecule has 1 aliphatic carbocycles. The van der Waals surface area contributed by atoms with Crippen molar-refractivity contribution in [2.24, 2.45) is 5.92 Å². The van der Waals surface area contributed by atoms with Crippen molar-refractivity contribution in [1.82, 2.24) is 4.90 Å². The van der Waals surface area contributed by atoms with Crippen LogP contribution in [0.1, 0.15) is 46.5 Å². The van der Waals surface area contributed by atoms with Crippen LogP contribution in [0.3, 0.4) is 0 Å². The maximum absolute atomic E-state index is 11.2. The quantitative estimate of drug-likeness (QED) is 0.705. The van der Waals surface area contributed by atoms with Crippen molar-refractivity contribution in [2.45, 2.75) is 58.5 Å². The molecule has 0 radical (unpaired) electrons. The lowest BCUT2D eigenvalue weighted by atomic mass is 10.1. The number of rotatable bonds is 7. The van der Waals surface area contributed by atoms with Gasteiger partial charge in [-0.3, -0.25) is 9.69 Å². The molecule has 0 aromatic heterocycles. The first-order valence-electron chi connectivity index (χ1n) is 6.04. The smallest absolute Gasteiger partial charge is 0.320 e. The average molecular weight is 213 g/mol. The van der Waals surface area contributed by atoms with Crippen molar-refractivity contribution in [3.63, 3.8) is 0 Å². The summed E-state index contributed by atoms with van der Waals surface area (Å²) in [7, 11) is 0. The first-order chi connectivity index (χ1) is 7.06. The van der Waals surface area contributed by atoms with Gasteiger partial charge in [-0.1, -0.05) is 27.2 Å². The molecule has 0 saturated heterocycles. The van der Waals surface area contributed by atoms with Gasteiger partial charge >= 0.3 is 5.97 Å². The van der Waals surface area contributed by atoms with E-state index in [4.69, 9.17) is 0 Å². The van der Waals surface area contributed by atoms with Gasteiger partial charge < -0.3 is 5.11 Å². The fourth-order valence-electron chi connectivity index (χ4n) is 2.06. The van der Waals surface area contributed by atoms with Crippen LogP contribution < -0.4 is 0 Å². The molecule has 0 spiro atoms. The summed E-state index contributed by atoms with van der Waals surface area (Å²) in [5.41, 5.74) is 0. The zero-order chi connectivity index (χ0) is 11.4. The van der Waals surface area contributed by atoms with Gasteiger partial charge in [0.1, 0.15) is 6.04 Å². The molecule has 1 N–H and O–H groups in total. The van der Waals surface area contributed by atoms with Crippen LogP contribution in [0.4, 0.5) is 0 Å². The Labute approximate surface area is 92.5 Å². The Hall–Kier alpha value is -0.570. The molecular formula is C12H23NO2. The van der Waals surface area contributed by atoms with E-state index < -0.39 is 5.97 Å². The maximum Gasteiger partial charge on any atom is 0.320 e. The van der Waals surface area contributed by atoms with Gasteiger partial charge in [-0.15, -0.1) is 0 Å². The number of hydrogen-bond acceptors (Lipinski definition) is 2. The molecule has 15 heavy (non-hydrogen) atoms. The van der Waals surface area contributed by atoms with E-state index in [9.17, 15) is 9.90 Å². The summed E-state index contributed by atoms with van der Waals surface area (Å²) in [6.45, 7) is 7.28. The van der Waals surface area contributed by atoms with Crippen LogP contribution in [-0.4, -0.2) is 34.6 Å². The molecule has 1 atom stereocenters. The summed E-state index contributed by atoms with van der Waals surface area (Å²) >= 11 is 0. The molecule has 1 fully saturated rings. The van der Waals surface area contributed by atoms with E-state index in [-0.39, 0.29) is 6.04 Å². The standard InChI is InChI=1S/C12H23NO2/c1-4-5-11(12(14)15)13(8-9(2)3)10-6-7-10/h9-11H,4-8H2,1-3H3,(H,14,15). The molecular weight excluding hydrogens is 190 g/mol. The minimum atomic E-state index is -0.649. The Bertz CT molecular complexity index is 212. The monoisotopic (exact) mass is 213 g/mol. The first-order valence-corrected chi connectivity index (χ1v) is 6.04. The third kappa shape index (κ3) is 3.82. The number of hydrogen-bond donors (Lipinski definition) is 1. The molecule has 88 valence electrons. The Morgan fingerprint density at radius 2 is 2.07 bits per heavy atom. The minimum Gasteiger partial charge on any atom is -0.480 e. The highest BCUT2D eigenvalue weighted by molar-refractivity contribution is 5.73. The molecule has 0 amide bonds. The third-order valence-electron chi connectivity index (χ3n) is 2.84. The van der Waals surface area contributed by atoms with Crippen molar-refractivity contribution in [3.8, 4) is 0 Å². The summed E-state index contributed by atoms with van der Waals surface area (Å²) in [5.74, 6) is -0.103. The van der Waals surface area contributed by atoms with Crippen molar-refractivity contribution < 1.29 is 9.90 Å². The predicted molar refractivity (Wildman–Crippen MR) is 60.9 cm³/mol. The molecule has 0 aromatic carbocycles. The van der Waals surface area contributed by atoms with Crippen molar-refractivity contribution in [2.75, 3.05) is 6.54 Å². The lowest BCUT2D eigenvalue weighted by Gasteiger charge is -2.30. The topological polar surface area (TPSA) is 40.5 Å². The highest BCUT2D eigenvalue weighted by Crippen LogP contribution is 2.30. The van der Waals surface area contributed by atoms with Crippen LogP contribution in [0, 0.1) is 5.92 Å². The lowest BCUT2D eigenvalue weighted by molar-refractivity contribution is -0.144. The zero-order valence-corrected chi connectivity index (χ0v) is 10.1. The molecule has 0 aromatic rings. The van der Waals surface area contributed by atoms with E-state index in [0.29, 0.717) is 12.0 Å². The fourth-order valence-corrected chi connectivity index (χ4v) is 2.06. The second-order valence-electron chi connectivity index (χ2n) is 4.96.